The molecule has 2 amide bonds. The van der Waals surface area contributed by atoms with E-state index in [1.165, 1.54) is 4.90 Å². The molecule has 0 aromatic rings. The van der Waals surface area contributed by atoms with Crippen molar-refractivity contribution >= 4 is 11.8 Å². The minimum atomic E-state index is -0.738. The third-order valence-electron chi connectivity index (χ3n) is 3.16. The van der Waals surface area contributed by atoms with Gasteiger partial charge in [-0.1, -0.05) is 0 Å². The Morgan fingerprint density at radius 3 is 1.88 bits per heavy atom. The van der Waals surface area contributed by atoms with Crippen molar-refractivity contribution in [2.75, 3.05) is 13.1 Å². The second-order valence-electron chi connectivity index (χ2n) is 5.13. The highest BCUT2D eigenvalue weighted by molar-refractivity contribution is 5.87. The largest absolute Gasteiger partial charge is 0.368 e. The second-order valence-corrected chi connectivity index (χ2v) is 5.13. The lowest BCUT2D eigenvalue weighted by Crippen LogP contribution is -2.57. The van der Waals surface area contributed by atoms with Crippen molar-refractivity contribution in [3.63, 3.8) is 0 Å². The van der Waals surface area contributed by atoms with Crippen LogP contribution in [0.15, 0.2) is 0 Å². The standard InChI is InChI=1S/C11H23N3O2/c1-6-14(7-8(12)15)9(16)10(2,3)11(4,5)13/h6-7,13H2,1-5H3,(H2,12,15). The number of carbonyl (C=O) groups excluding carboxylic acids is 2. The van der Waals surface area contributed by atoms with Crippen LogP contribution in [0, 0.1) is 5.41 Å². The highest BCUT2D eigenvalue weighted by Crippen LogP contribution is 2.30. The van der Waals surface area contributed by atoms with Crippen LogP contribution in [0.3, 0.4) is 0 Å². The molecule has 0 rings (SSSR count). The molecule has 0 saturated heterocycles. The van der Waals surface area contributed by atoms with E-state index in [1.807, 2.05) is 0 Å². The molecule has 94 valence electrons. The lowest BCUT2D eigenvalue weighted by molar-refractivity contribution is -0.145. The molecule has 0 aliphatic rings. The Hall–Kier alpha value is -1.10. The van der Waals surface area contributed by atoms with E-state index in [2.05, 4.69) is 0 Å². The molecule has 0 unspecified atom stereocenters. The van der Waals surface area contributed by atoms with Crippen LogP contribution in [-0.2, 0) is 9.59 Å². The summed E-state index contributed by atoms with van der Waals surface area (Å²) >= 11 is 0. The highest BCUT2D eigenvalue weighted by atomic mass is 16.2. The van der Waals surface area contributed by atoms with E-state index in [0.29, 0.717) is 6.54 Å². The molecule has 0 bridgehead atoms. The Morgan fingerprint density at radius 2 is 1.62 bits per heavy atom. The van der Waals surface area contributed by atoms with Crippen molar-refractivity contribution in [3.8, 4) is 0 Å². The smallest absolute Gasteiger partial charge is 0.237 e. The minimum Gasteiger partial charge on any atom is -0.368 e. The molecule has 0 aliphatic heterocycles. The third kappa shape index (κ3) is 3.20. The van der Waals surface area contributed by atoms with E-state index in [1.54, 1.807) is 34.6 Å². The fourth-order valence-electron chi connectivity index (χ4n) is 1.19. The first-order chi connectivity index (χ1) is 7.04. The summed E-state index contributed by atoms with van der Waals surface area (Å²) in [5, 5.41) is 0. The number of hydrogen-bond acceptors (Lipinski definition) is 3. The van der Waals surface area contributed by atoms with Gasteiger partial charge in [0.05, 0.1) is 12.0 Å². The van der Waals surface area contributed by atoms with Gasteiger partial charge in [0, 0.05) is 12.1 Å². The van der Waals surface area contributed by atoms with Gasteiger partial charge in [-0.15, -0.1) is 0 Å². The Kier molecular flexibility index (Phi) is 4.49. The Bertz CT molecular complexity index is 279. The van der Waals surface area contributed by atoms with E-state index in [9.17, 15) is 9.59 Å². The normalized spacial score (nSPS) is 12.4. The molecule has 0 aromatic carbocycles. The van der Waals surface area contributed by atoms with Gasteiger partial charge in [0.2, 0.25) is 11.8 Å². The van der Waals surface area contributed by atoms with Crippen LogP contribution in [0.25, 0.3) is 0 Å². The van der Waals surface area contributed by atoms with Crippen LogP contribution < -0.4 is 11.5 Å². The lowest BCUT2D eigenvalue weighted by Gasteiger charge is -2.40. The summed E-state index contributed by atoms with van der Waals surface area (Å²) in [5.74, 6) is -0.665. The topological polar surface area (TPSA) is 89.4 Å². The van der Waals surface area contributed by atoms with E-state index < -0.39 is 16.9 Å². The number of nitrogens with two attached hydrogens (primary N) is 2. The Labute approximate surface area is 97.2 Å². The molecular weight excluding hydrogens is 206 g/mol. The van der Waals surface area contributed by atoms with E-state index in [4.69, 9.17) is 11.5 Å². The predicted octanol–water partition coefficient (Wildman–Crippen LogP) is 0.0837. The average Bonchev–Trinajstić information content (AvgIpc) is 2.10. The van der Waals surface area contributed by atoms with Crippen molar-refractivity contribution in [1.29, 1.82) is 0 Å². The van der Waals surface area contributed by atoms with Crippen molar-refractivity contribution < 1.29 is 9.59 Å². The van der Waals surface area contributed by atoms with Crippen molar-refractivity contribution in [3.05, 3.63) is 0 Å². The van der Waals surface area contributed by atoms with Crippen LogP contribution in [0.4, 0.5) is 0 Å². The van der Waals surface area contributed by atoms with Gasteiger partial charge < -0.3 is 16.4 Å². The molecular formula is C11H23N3O2. The van der Waals surface area contributed by atoms with E-state index in [0.717, 1.165) is 0 Å². The zero-order valence-corrected chi connectivity index (χ0v) is 10.8. The van der Waals surface area contributed by atoms with Crippen LogP contribution in [0.5, 0.6) is 0 Å². The summed E-state index contributed by atoms with van der Waals surface area (Å²) in [6.45, 7) is 9.33. The average molecular weight is 229 g/mol. The molecule has 5 heteroatoms. The number of primary amides is 1. The monoisotopic (exact) mass is 229 g/mol. The first-order valence-electron chi connectivity index (χ1n) is 5.40. The van der Waals surface area contributed by atoms with E-state index >= 15 is 0 Å². The van der Waals surface area contributed by atoms with Crippen molar-refractivity contribution in [2.24, 2.45) is 16.9 Å². The van der Waals surface area contributed by atoms with Gasteiger partial charge in [0.15, 0.2) is 0 Å². The van der Waals surface area contributed by atoms with E-state index in [-0.39, 0.29) is 12.5 Å². The zero-order valence-electron chi connectivity index (χ0n) is 10.8. The van der Waals surface area contributed by atoms with Gasteiger partial charge in [-0.3, -0.25) is 9.59 Å². The predicted molar refractivity (Wildman–Crippen MR) is 63.5 cm³/mol. The minimum absolute atomic E-state index is 0.0607. The molecule has 5 nitrogen and oxygen atoms in total. The molecule has 0 saturated carbocycles. The number of hydrogen-bond donors (Lipinski definition) is 2. The maximum absolute atomic E-state index is 12.2. The van der Waals surface area contributed by atoms with Crippen molar-refractivity contribution in [1.82, 2.24) is 4.90 Å². The number of amides is 2. The molecule has 0 atom stereocenters. The number of nitrogens with zero attached hydrogens (tertiary/aromatic N) is 1. The molecule has 0 aliphatic carbocycles. The maximum atomic E-state index is 12.2. The van der Waals surface area contributed by atoms with Crippen LogP contribution in [0.2, 0.25) is 0 Å². The molecule has 4 N–H and O–H groups in total. The molecule has 0 heterocycles. The summed E-state index contributed by atoms with van der Waals surface area (Å²) in [4.78, 5) is 24.5. The summed E-state index contributed by atoms with van der Waals surface area (Å²) in [7, 11) is 0. The molecule has 0 aromatic heterocycles. The fourth-order valence-corrected chi connectivity index (χ4v) is 1.19. The molecule has 0 radical (unpaired) electrons. The van der Waals surface area contributed by atoms with Gasteiger partial charge >= 0.3 is 0 Å². The Morgan fingerprint density at radius 1 is 1.19 bits per heavy atom. The first kappa shape index (κ1) is 14.9. The number of likely N-dealkylation sites (N-methyl/N-ethyl adjacent to an activating group) is 1. The molecule has 16 heavy (non-hydrogen) atoms. The quantitative estimate of drug-likeness (QED) is 0.699. The maximum Gasteiger partial charge on any atom is 0.237 e. The second kappa shape index (κ2) is 4.82. The molecule has 0 spiro atoms. The first-order valence-corrected chi connectivity index (χ1v) is 5.40. The van der Waals surface area contributed by atoms with Crippen LogP contribution in [-0.4, -0.2) is 35.3 Å². The summed E-state index contributed by atoms with van der Waals surface area (Å²) in [6, 6.07) is 0. The lowest BCUT2D eigenvalue weighted by atomic mass is 9.74. The van der Waals surface area contributed by atoms with Gasteiger partial charge in [-0.25, -0.2) is 0 Å². The summed E-state index contributed by atoms with van der Waals surface area (Å²) in [6.07, 6.45) is 0. The summed E-state index contributed by atoms with van der Waals surface area (Å²) < 4.78 is 0. The number of rotatable bonds is 5. The third-order valence-corrected chi connectivity index (χ3v) is 3.16. The zero-order chi connectivity index (χ0) is 13.1. The Balaban J connectivity index is 4.95. The van der Waals surface area contributed by atoms with Gasteiger partial charge in [-0.2, -0.15) is 0 Å². The van der Waals surface area contributed by atoms with Crippen molar-refractivity contribution in [2.45, 2.75) is 40.2 Å². The van der Waals surface area contributed by atoms with Gasteiger partial charge in [-0.05, 0) is 34.6 Å². The highest BCUT2D eigenvalue weighted by Gasteiger charge is 2.42. The van der Waals surface area contributed by atoms with Gasteiger partial charge in [0.1, 0.15) is 0 Å². The SMILES string of the molecule is CCN(CC(N)=O)C(=O)C(C)(C)C(C)(C)N. The summed E-state index contributed by atoms with van der Waals surface area (Å²) in [5.41, 5.74) is 9.67. The van der Waals surface area contributed by atoms with Crippen LogP contribution in [0.1, 0.15) is 34.6 Å². The van der Waals surface area contributed by atoms with Crippen LogP contribution >= 0.6 is 0 Å². The number of carbonyl (C=O) groups is 2. The fraction of sp³-hybridized carbons (Fsp3) is 0.818. The molecule has 0 fully saturated rings. The van der Waals surface area contributed by atoms with Gasteiger partial charge in [0.25, 0.3) is 0 Å².